The molecule has 0 saturated carbocycles. The van der Waals surface area contributed by atoms with Crippen LogP contribution < -0.4 is 10.6 Å². The largest absolute Gasteiger partial charge is 0.356 e. The predicted octanol–water partition coefficient (Wildman–Crippen LogP) is 2.54. The molecule has 4 heterocycles. The third kappa shape index (κ3) is 4.02. The number of aromatic nitrogens is 3. The van der Waals surface area contributed by atoms with Gasteiger partial charge in [-0.25, -0.2) is 0 Å². The van der Waals surface area contributed by atoms with Crippen LogP contribution in [0.3, 0.4) is 0 Å². The molecule has 28 heavy (non-hydrogen) atoms. The Balaban J connectivity index is 1.37. The van der Waals surface area contributed by atoms with Crippen LogP contribution in [0.25, 0.3) is 5.65 Å². The number of thiophene rings is 1. The molecule has 0 aromatic carbocycles. The van der Waals surface area contributed by atoms with E-state index in [1.807, 2.05) is 40.1 Å². The summed E-state index contributed by atoms with van der Waals surface area (Å²) in [6, 6.07) is 10.8. The molecule has 0 spiro atoms. The second-order valence-corrected chi connectivity index (χ2v) is 8.17. The number of nitrogens with zero attached hydrogens (tertiary/aromatic N) is 5. The molecule has 1 aliphatic heterocycles. The van der Waals surface area contributed by atoms with Gasteiger partial charge in [-0.05, 0) is 55.9 Å². The Hall–Kier alpha value is -2.45. The van der Waals surface area contributed by atoms with Crippen LogP contribution in [-0.2, 0) is 6.54 Å². The number of pyridine rings is 1. The van der Waals surface area contributed by atoms with Gasteiger partial charge < -0.3 is 10.6 Å². The summed E-state index contributed by atoms with van der Waals surface area (Å²) in [5.41, 5.74) is 0.853. The highest BCUT2D eigenvalue weighted by molar-refractivity contribution is 7.10. The van der Waals surface area contributed by atoms with E-state index in [2.05, 4.69) is 55.3 Å². The molecule has 0 aliphatic carbocycles. The number of guanidine groups is 1. The van der Waals surface area contributed by atoms with Gasteiger partial charge in [0.1, 0.15) is 0 Å². The Morgan fingerprint density at radius 3 is 3.00 bits per heavy atom. The number of piperidine rings is 1. The summed E-state index contributed by atoms with van der Waals surface area (Å²) in [7, 11) is 4.04. The van der Waals surface area contributed by atoms with E-state index in [0.29, 0.717) is 18.5 Å². The van der Waals surface area contributed by atoms with Gasteiger partial charge in [-0.15, -0.1) is 21.5 Å². The second-order valence-electron chi connectivity index (χ2n) is 7.19. The molecular weight excluding hydrogens is 370 g/mol. The fraction of sp³-hybridized carbons (Fsp3) is 0.450. The van der Waals surface area contributed by atoms with Crippen molar-refractivity contribution in [3.8, 4) is 0 Å². The quantitative estimate of drug-likeness (QED) is 0.511. The van der Waals surface area contributed by atoms with E-state index in [4.69, 9.17) is 0 Å². The fourth-order valence-electron chi connectivity index (χ4n) is 4.01. The zero-order chi connectivity index (χ0) is 19.3. The maximum atomic E-state index is 4.38. The zero-order valence-electron chi connectivity index (χ0n) is 16.4. The van der Waals surface area contributed by atoms with Crippen LogP contribution in [0.15, 0.2) is 46.9 Å². The van der Waals surface area contributed by atoms with Gasteiger partial charge in [0.2, 0.25) is 0 Å². The smallest absolute Gasteiger partial charge is 0.191 e. The Bertz CT molecular complexity index is 918. The number of hydrogen-bond donors (Lipinski definition) is 2. The van der Waals surface area contributed by atoms with Gasteiger partial charge in [-0.1, -0.05) is 12.1 Å². The van der Waals surface area contributed by atoms with E-state index in [1.54, 1.807) is 7.05 Å². The Labute approximate surface area is 169 Å². The van der Waals surface area contributed by atoms with Crippen molar-refractivity contribution in [2.45, 2.75) is 25.4 Å². The van der Waals surface area contributed by atoms with E-state index >= 15 is 0 Å². The second kappa shape index (κ2) is 8.70. The first-order valence-electron chi connectivity index (χ1n) is 9.73. The lowest BCUT2D eigenvalue weighted by molar-refractivity contribution is 0.125. The van der Waals surface area contributed by atoms with E-state index in [9.17, 15) is 0 Å². The first kappa shape index (κ1) is 18.9. The number of likely N-dealkylation sites (tertiary alicyclic amines) is 1. The van der Waals surface area contributed by atoms with Crippen molar-refractivity contribution in [3.05, 3.63) is 52.6 Å². The summed E-state index contributed by atoms with van der Waals surface area (Å²) in [6.07, 6.45) is 4.44. The molecule has 7 nitrogen and oxygen atoms in total. The minimum absolute atomic E-state index is 0.472. The average Bonchev–Trinajstić information content (AvgIpc) is 3.38. The standard InChI is InChI=1S/C20H27N7S/c1-21-20(23-14-18-25-24-17-9-3-4-11-27(17)18)22-13-15-7-5-10-26(2)19(15)16-8-6-12-28-16/h3-4,6,8-9,11-12,15,19H,5,7,10,13-14H2,1-2H3,(H2,21,22,23). The third-order valence-electron chi connectivity index (χ3n) is 5.40. The Kier molecular flexibility index (Phi) is 5.87. The van der Waals surface area contributed by atoms with Crippen molar-refractivity contribution >= 4 is 22.9 Å². The molecule has 3 aromatic heterocycles. The lowest BCUT2D eigenvalue weighted by Gasteiger charge is -2.39. The third-order valence-corrected chi connectivity index (χ3v) is 6.34. The van der Waals surface area contributed by atoms with Crippen molar-refractivity contribution < 1.29 is 0 Å². The summed E-state index contributed by atoms with van der Waals surface area (Å²) in [4.78, 5) is 8.32. The van der Waals surface area contributed by atoms with E-state index < -0.39 is 0 Å². The predicted molar refractivity (Wildman–Crippen MR) is 114 cm³/mol. The zero-order valence-corrected chi connectivity index (χ0v) is 17.2. The van der Waals surface area contributed by atoms with E-state index in [1.165, 1.54) is 17.7 Å². The molecular formula is C20H27N7S. The van der Waals surface area contributed by atoms with Crippen molar-refractivity contribution in [2.24, 2.45) is 10.9 Å². The number of rotatable bonds is 5. The number of fused-ring (bicyclic) bond motifs is 1. The minimum Gasteiger partial charge on any atom is -0.356 e. The van der Waals surface area contributed by atoms with Crippen LogP contribution in [0.2, 0.25) is 0 Å². The highest BCUT2D eigenvalue weighted by Crippen LogP contribution is 2.36. The fourth-order valence-corrected chi connectivity index (χ4v) is 4.99. The molecule has 0 amide bonds. The van der Waals surface area contributed by atoms with Crippen LogP contribution in [0.5, 0.6) is 0 Å². The van der Waals surface area contributed by atoms with Crippen LogP contribution in [0.4, 0.5) is 0 Å². The monoisotopic (exact) mass is 397 g/mol. The molecule has 2 N–H and O–H groups in total. The van der Waals surface area contributed by atoms with E-state index in [-0.39, 0.29) is 0 Å². The maximum absolute atomic E-state index is 4.38. The molecule has 1 fully saturated rings. The highest BCUT2D eigenvalue weighted by atomic mass is 32.1. The molecule has 1 aliphatic rings. The van der Waals surface area contributed by atoms with Crippen LogP contribution in [-0.4, -0.2) is 52.6 Å². The van der Waals surface area contributed by atoms with Gasteiger partial charge >= 0.3 is 0 Å². The molecule has 0 bridgehead atoms. The summed E-state index contributed by atoms with van der Waals surface area (Å²) in [5.74, 6) is 2.23. The Morgan fingerprint density at radius 1 is 1.25 bits per heavy atom. The van der Waals surface area contributed by atoms with Crippen LogP contribution in [0, 0.1) is 5.92 Å². The first-order valence-corrected chi connectivity index (χ1v) is 10.6. The van der Waals surface area contributed by atoms with Crippen molar-refractivity contribution in [1.82, 2.24) is 30.1 Å². The molecule has 0 radical (unpaired) electrons. The molecule has 4 rings (SSSR count). The number of aliphatic imine (C=N–C) groups is 1. The SMILES string of the molecule is CN=C(NCc1nnc2ccccn12)NCC1CCCN(C)C1c1cccs1. The van der Waals surface area contributed by atoms with Crippen molar-refractivity contribution in [1.29, 1.82) is 0 Å². The van der Waals surface area contributed by atoms with Gasteiger partial charge in [-0.2, -0.15) is 0 Å². The average molecular weight is 398 g/mol. The summed E-state index contributed by atoms with van der Waals surface area (Å²) in [6.45, 7) is 2.63. The molecule has 1 saturated heterocycles. The Morgan fingerprint density at radius 2 is 2.18 bits per heavy atom. The highest BCUT2D eigenvalue weighted by Gasteiger charge is 2.31. The van der Waals surface area contributed by atoms with Gasteiger partial charge in [0.25, 0.3) is 0 Å². The molecule has 148 valence electrons. The van der Waals surface area contributed by atoms with Gasteiger partial charge in [-0.3, -0.25) is 14.3 Å². The lowest BCUT2D eigenvalue weighted by Crippen LogP contribution is -2.44. The summed E-state index contributed by atoms with van der Waals surface area (Å²) >= 11 is 1.85. The first-order chi connectivity index (χ1) is 13.8. The summed E-state index contributed by atoms with van der Waals surface area (Å²) in [5, 5.41) is 17.5. The molecule has 8 heteroatoms. The molecule has 2 unspecified atom stereocenters. The minimum atomic E-state index is 0.472. The van der Waals surface area contributed by atoms with Crippen LogP contribution in [0.1, 0.15) is 29.6 Å². The van der Waals surface area contributed by atoms with E-state index in [0.717, 1.165) is 30.5 Å². The van der Waals surface area contributed by atoms with Gasteiger partial charge in [0, 0.05) is 30.7 Å². The lowest BCUT2D eigenvalue weighted by atomic mass is 9.88. The topological polar surface area (TPSA) is 69.8 Å². The number of nitrogens with one attached hydrogen (secondary N) is 2. The van der Waals surface area contributed by atoms with Gasteiger partial charge in [0.15, 0.2) is 17.4 Å². The maximum Gasteiger partial charge on any atom is 0.191 e. The van der Waals surface area contributed by atoms with Crippen LogP contribution >= 0.6 is 11.3 Å². The van der Waals surface area contributed by atoms with Crippen molar-refractivity contribution in [2.75, 3.05) is 27.2 Å². The van der Waals surface area contributed by atoms with Gasteiger partial charge in [0.05, 0.1) is 6.54 Å². The normalized spacial score (nSPS) is 21.1. The summed E-state index contributed by atoms with van der Waals surface area (Å²) < 4.78 is 1.99. The van der Waals surface area contributed by atoms with Crippen molar-refractivity contribution in [3.63, 3.8) is 0 Å². The molecule has 3 aromatic rings. The number of hydrogen-bond acceptors (Lipinski definition) is 5. The molecule has 2 atom stereocenters.